The summed E-state index contributed by atoms with van der Waals surface area (Å²) in [6.07, 6.45) is 2.74. The lowest BCUT2D eigenvalue weighted by molar-refractivity contribution is 0.255. The maximum Gasteiger partial charge on any atom is 0.161 e. The Morgan fingerprint density at radius 3 is 2.61 bits per heavy atom. The van der Waals surface area contributed by atoms with Crippen LogP contribution in [-0.2, 0) is 6.54 Å². The zero-order chi connectivity index (χ0) is 13.2. The van der Waals surface area contributed by atoms with Crippen molar-refractivity contribution >= 4 is 0 Å². The van der Waals surface area contributed by atoms with Crippen LogP contribution in [0.3, 0.4) is 0 Å². The molecule has 0 atom stereocenters. The summed E-state index contributed by atoms with van der Waals surface area (Å²) in [5.74, 6) is 1.51. The first-order valence-corrected chi connectivity index (χ1v) is 6.51. The maximum absolute atomic E-state index is 8.68. The second-order valence-corrected chi connectivity index (χ2v) is 4.05. The molecule has 0 amide bonds. The fraction of sp³-hybridized carbons (Fsp3) is 0.571. The maximum atomic E-state index is 8.68. The molecule has 0 aromatic heterocycles. The largest absolute Gasteiger partial charge is 0.490 e. The number of nitrogens with two attached hydrogens (primary N) is 1. The number of unbranched alkanes of at least 4 members (excludes halogenated alkanes) is 2. The molecule has 0 saturated heterocycles. The molecular formula is C14H23NO3. The van der Waals surface area contributed by atoms with E-state index in [0.717, 1.165) is 36.3 Å². The van der Waals surface area contributed by atoms with Gasteiger partial charge in [0.1, 0.15) is 0 Å². The molecule has 0 bridgehead atoms. The van der Waals surface area contributed by atoms with Gasteiger partial charge in [0.15, 0.2) is 11.5 Å². The van der Waals surface area contributed by atoms with Crippen molar-refractivity contribution in [3.05, 3.63) is 23.8 Å². The molecular weight excluding hydrogens is 230 g/mol. The molecule has 0 heterocycles. The summed E-state index contributed by atoms with van der Waals surface area (Å²) in [6, 6.07) is 5.78. The van der Waals surface area contributed by atoms with E-state index >= 15 is 0 Å². The van der Waals surface area contributed by atoms with Gasteiger partial charge in [-0.1, -0.05) is 6.07 Å². The van der Waals surface area contributed by atoms with Crippen molar-refractivity contribution in [3.63, 3.8) is 0 Å². The van der Waals surface area contributed by atoms with E-state index in [9.17, 15) is 0 Å². The van der Waals surface area contributed by atoms with E-state index in [4.69, 9.17) is 20.3 Å². The van der Waals surface area contributed by atoms with E-state index in [0.29, 0.717) is 19.8 Å². The molecule has 102 valence electrons. The molecule has 4 heteroatoms. The van der Waals surface area contributed by atoms with Crippen molar-refractivity contribution in [2.24, 2.45) is 5.73 Å². The summed E-state index contributed by atoms with van der Waals surface area (Å²) in [4.78, 5) is 0. The molecule has 18 heavy (non-hydrogen) atoms. The fourth-order valence-electron chi connectivity index (χ4n) is 1.64. The number of benzene rings is 1. The van der Waals surface area contributed by atoms with Gasteiger partial charge in [-0.15, -0.1) is 0 Å². The highest BCUT2D eigenvalue weighted by atomic mass is 16.5. The van der Waals surface area contributed by atoms with E-state index in [1.807, 2.05) is 25.1 Å². The summed E-state index contributed by atoms with van der Waals surface area (Å²) in [5.41, 5.74) is 6.63. The molecule has 0 aliphatic heterocycles. The molecule has 0 unspecified atom stereocenters. The van der Waals surface area contributed by atoms with E-state index in [1.54, 1.807) is 0 Å². The van der Waals surface area contributed by atoms with Gasteiger partial charge in [-0.25, -0.2) is 0 Å². The smallest absolute Gasteiger partial charge is 0.161 e. The van der Waals surface area contributed by atoms with Gasteiger partial charge in [0.25, 0.3) is 0 Å². The third-order valence-electron chi connectivity index (χ3n) is 2.60. The summed E-state index contributed by atoms with van der Waals surface area (Å²) in [5, 5.41) is 8.68. The highest BCUT2D eigenvalue weighted by Crippen LogP contribution is 2.28. The SMILES string of the molecule is CCOc1cc(CN)ccc1OCCCCCO. The Morgan fingerprint density at radius 2 is 1.94 bits per heavy atom. The van der Waals surface area contributed by atoms with Crippen molar-refractivity contribution in [2.75, 3.05) is 19.8 Å². The molecule has 0 fully saturated rings. The monoisotopic (exact) mass is 253 g/mol. The molecule has 0 spiro atoms. The van der Waals surface area contributed by atoms with E-state index in [2.05, 4.69) is 0 Å². The number of hydrogen-bond donors (Lipinski definition) is 2. The van der Waals surface area contributed by atoms with Crippen LogP contribution in [-0.4, -0.2) is 24.9 Å². The first-order chi connectivity index (χ1) is 8.81. The van der Waals surface area contributed by atoms with E-state index in [-0.39, 0.29) is 6.61 Å². The van der Waals surface area contributed by atoms with E-state index < -0.39 is 0 Å². The third kappa shape index (κ3) is 4.94. The van der Waals surface area contributed by atoms with Gasteiger partial charge < -0.3 is 20.3 Å². The minimum Gasteiger partial charge on any atom is -0.490 e. The first-order valence-electron chi connectivity index (χ1n) is 6.51. The molecule has 1 aromatic rings. The van der Waals surface area contributed by atoms with Crippen molar-refractivity contribution in [1.82, 2.24) is 0 Å². The Hall–Kier alpha value is -1.26. The molecule has 0 aliphatic carbocycles. The average Bonchev–Trinajstić information content (AvgIpc) is 2.40. The van der Waals surface area contributed by atoms with Crippen molar-refractivity contribution < 1.29 is 14.6 Å². The lowest BCUT2D eigenvalue weighted by Crippen LogP contribution is -2.03. The fourth-order valence-corrected chi connectivity index (χ4v) is 1.64. The van der Waals surface area contributed by atoms with Gasteiger partial charge in [0.05, 0.1) is 13.2 Å². The van der Waals surface area contributed by atoms with Crippen LogP contribution in [0.15, 0.2) is 18.2 Å². The van der Waals surface area contributed by atoms with Crippen LogP contribution in [0.5, 0.6) is 11.5 Å². The summed E-state index contributed by atoms with van der Waals surface area (Å²) < 4.78 is 11.2. The van der Waals surface area contributed by atoms with Crippen molar-refractivity contribution in [1.29, 1.82) is 0 Å². The van der Waals surface area contributed by atoms with Gasteiger partial charge >= 0.3 is 0 Å². The average molecular weight is 253 g/mol. The Bertz CT molecular complexity index is 342. The van der Waals surface area contributed by atoms with Crippen LogP contribution < -0.4 is 15.2 Å². The second-order valence-electron chi connectivity index (χ2n) is 4.05. The van der Waals surface area contributed by atoms with Crippen LogP contribution in [0.4, 0.5) is 0 Å². The van der Waals surface area contributed by atoms with Crippen molar-refractivity contribution in [2.45, 2.75) is 32.7 Å². The molecule has 3 N–H and O–H groups in total. The van der Waals surface area contributed by atoms with Crippen LogP contribution in [0, 0.1) is 0 Å². The van der Waals surface area contributed by atoms with Gasteiger partial charge in [-0.3, -0.25) is 0 Å². The lowest BCUT2D eigenvalue weighted by atomic mass is 10.2. The van der Waals surface area contributed by atoms with Gasteiger partial charge in [0.2, 0.25) is 0 Å². The zero-order valence-corrected chi connectivity index (χ0v) is 11.0. The highest BCUT2D eigenvalue weighted by molar-refractivity contribution is 5.43. The number of aliphatic hydroxyl groups excluding tert-OH is 1. The predicted molar refractivity (Wildman–Crippen MR) is 71.9 cm³/mol. The van der Waals surface area contributed by atoms with Crippen molar-refractivity contribution in [3.8, 4) is 11.5 Å². The number of ether oxygens (including phenoxy) is 2. The number of aliphatic hydroxyl groups is 1. The second kappa shape index (κ2) is 8.78. The molecule has 0 aliphatic rings. The molecule has 4 nitrogen and oxygen atoms in total. The lowest BCUT2D eigenvalue weighted by Gasteiger charge is -2.13. The van der Waals surface area contributed by atoms with Gasteiger partial charge in [0, 0.05) is 13.2 Å². The highest BCUT2D eigenvalue weighted by Gasteiger charge is 2.05. The Kier molecular flexibility index (Phi) is 7.22. The Labute approximate surface area is 109 Å². The standard InChI is InChI=1S/C14H23NO3/c1-2-17-14-10-12(11-15)6-7-13(14)18-9-5-3-4-8-16/h6-7,10,16H,2-5,8-9,11,15H2,1H3. The molecule has 1 rings (SSSR count). The van der Waals surface area contributed by atoms with Gasteiger partial charge in [-0.05, 0) is 43.9 Å². The minimum atomic E-state index is 0.245. The number of rotatable bonds is 9. The molecule has 1 aromatic carbocycles. The Morgan fingerprint density at radius 1 is 1.11 bits per heavy atom. The minimum absolute atomic E-state index is 0.245. The number of hydrogen-bond acceptors (Lipinski definition) is 4. The zero-order valence-electron chi connectivity index (χ0n) is 11.0. The van der Waals surface area contributed by atoms with Gasteiger partial charge in [-0.2, -0.15) is 0 Å². The first kappa shape index (κ1) is 14.8. The summed E-state index contributed by atoms with van der Waals surface area (Å²) in [6.45, 7) is 3.93. The van der Waals surface area contributed by atoms with Crippen LogP contribution in [0.25, 0.3) is 0 Å². The predicted octanol–water partition coefficient (Wildman–Crippen LogP) is 2.09. The topological polar surface area (TPSA) is 64.7 Å². The normalized spacial score (nSPS) is 10.4. The molecule has 0 radical (unpaired) electrons. The summed E-state index contributed by atoms with van der Waals surface area (Å²) in [7, 11) is 0. The van der Waals surface area contributed by atoms with Crippen LogP contribution in [0.1, 0.15) is 31.7 Å². The Balaban J connectivity index is 2.52. The molecule has 0 saturated carbocycles. The quantitative estimate of drug-likeness (QED) is 0.661. The van der Waals surface area contributed by atoms with Crippen LogP contribution >= 0.6 is 0 Å². The van der Waals surface area contributed by atoms with Crippen LogP contribution in [0.2, 0.25) is 0 Å². The van der Waals surface area contributed by atoms with E-state index in [1.165, 1.54) is 0 Å². The summed E-state index contributed by atoms with van der Waals surface area (Å²) >= 11 is 0. The third-order valence-corrected chi connectivity index (χ3v) is 2.60.